The quantitative estimate of drug-likeness (QED) is 0.326. The van der Waals surface area contributed by atoms with Crippen LogP contribution in [0.2, 0.25) is 0 Å². The van der Waals surface area contributed by atoms with Gasteiger partial charge < -0.3 is 15.2 Å². The zero-order chi connectivity index (χ0) is 24.1. The van der Waals surface area contributed by atoms with Gasteiger partial charge in [-0.1, -0.05) is 36.4 Å². The first kappa shape index (κ1) is 24.3. The highest BCUT2D eigenvalue weighted by molar-refractivity contribution is 7.89. The molecule has 1 saturated carbocycles. The summed E-state index contributed by atoms with van der Waals surface area (Å²) in [7, 11) is -3.47. The monoisotopic (exact) mass is 484 g/mol. The molecule has 0 aromatic heterocycles. The molecule has 2 aromatic carbocycles. The van der Waals surface area contributed by atoms with Gasteiger partial charge in [-0.3, -0.25) is 4.79 Å². The van der Waals surface area contributed by atoms with Gasteiger partial charge in [-0.25, -0.2) is 13.1 Å². The number of ether oxygens (including phenoxy) is 1. The predicted octanol–water partition coefficient (Wildman–Crippen LogP) is 4.31. The van der Waals surface area contributed by atoms with Crippen LogP contribution < -0.4 is 14.8 Å². The Kier molecular flexibility index (Phi) is 7.58. The molecular weight excluding hydrogens is 452 g/mol. The number of sulfonamides is 1. The van der Waals surface area contributed by atoms with Crippen LogP contribution in [0.1, 0.15) is 49.8 Å². The van der Waals surface area contributed by atoms with E-state index < -0.39 is 10.0 Å². The van der Waals surface area contributed by atoms with Gasteiger partial charge in [0.05, 0.1) is 18.0 Å². The summed E-state index contributed by atoms with van der Waals surface area (Å²) in [5.74, 6) is 1.09. The zero-order valence-corrected chi connectivity index (χ0v) is 20.2. The van der Waals surface area contributed by atoms with Gasteiger partial charge in [-0.15, -0.1) is 0 Å². The van der Waals surface area contributed by atoms with Crippen LogP contribution in [0.25, 0.3) is 0 Å². The van der Waals surface area contributed by atoms with Gasteiger partial charge in [0.1, 0.15) is 11.5 Å². The molecular formula is C26H32N2O5S. The van der Waals surface area contributed by atoms with Crippen molar-refractivity contribution in [3.63, 3.8) is 0 Å². The molecule has 1 aliphatic heterocycles. The van der Waals surface area contributed by atoms with Crippen LogP contribution in [0.5, 0.6) is 11.5 Å². The number of para-hydroxylation sites is 1. The average Bonchev–Trinajstić information content (AvgIpc) is 3.63. The fourth-order valence-corrected chi connectivity index (χ4v) is 5.28. The van der Waals surface area contributed by atoms with E-state index in [1.807, 2.05) is 49.4 Å². The van der Waals surface area contributed by atoms with Crippen molar-refractivity contribution >= 4 is 21.6 Å². The molecule has 1 fully saturated rings. The third-order valence-electron chi connectivity index (χ3n) is 6.25. The number of fused-ring (bicyclic) bond motifs is 1. The van der Waals surface area contributed by atoms with Gasteiger partial charge in [-0.2, -0.15) is 0 Å². The molecule has 8 heteroatoms. The number of anilines is 1. The number of allylic oxidation sites excluding steroid dienone is 2. The maximum absolute atomic E-state index is 12.5. The number of carbonyl (C=O) groups is 1. The van der Waals surface area contributed by atoms with Crippen molar-refractivity contribution in [3.8, 4) is 11.5 Å². The topological polar surface area (TPSA) is 105 Å². The lowest BCUT2D eigenvalue weighted by molar-refractivity contribution is -0.120. The number of phenolic OH excluding ortho intramolecular Hbond substituents is 1. The van der Waals surface area contributed by atoms with Crippen LogP contribution in [0.4, 0.5) is 5.69 Å². The smallest absolute Gasteiger partial charge is 0.228 e. The highest BCUT2D eigenvalue weighted by Crippen LogP contribution is 2.34. The van der Waals surface area contributed by atoms with Crippen molar-refractivity contribution in [2.75, 3.05) is 17.7 Å². The molecule has 3 N–H and O–H groups in total. The summed E-state index contributed by atoms with van der Waals surface area (Å²) >= 11 is 0. The summed E-state index contributed by atoms with van der Waals surface area (Å²) < 4.78 is 33.6. The Labute approximate surface area is 201 Å². The summed E-state index contributed by atoms with van der Waals surface area (Å²) in [5.41, 5.74) is 2.25. The molecule has 182 valence electrons. The van der Waals surface area contributed by atoms with Crippen LogP contribution in [-0.2, 0) is 21.2 Å². The fourth-order valence-electron chi connectivity index (χ4n) is 4.04. The van der Waals surface area contributed by atoms with E-state index in [0.29, 0.717) is 37.5 Å². The molecule has 0 spiro atoms. The van der Waals surface area contributed by atoms with Crippen molar-refractivity contribution in [2.45, 2.75) is 45.1 Å². The maximum Gasteiger partial charge on any atom is 0.228 e. The van der Waals surface area contributed by atoms with Crippen molar-refractivity contribution in [1.29, 1.82) is 0 Å². The Morgan fingerprint density at radius 1 is 1.21 bits per heavy atom. The van der Waals surface area contributed by atoms with Gasteiger partial charge >= 0.3 is 0 Å². The van der Waals surface area contributed by atoms with Crippen molar-refractivity contribution < 1.29 is 23.1 Å². The fraction of sp³-hybridized carbons (Fsp3) is 0.423. The predicted molar refractivity (Wildman–Crippen MR) is 132 cm³/mol. The van der Waals surface area contributed by atoms with Crippen LogP contribution in [-0.4, -0.2) is 31.8 Å². The summed E-state index contributed by atoms with van der Waals surface area (Å²) in [5, 5.41) is 12.6. The largest absolute Gasteiger partial charge is 0.506 e. The molecule has 2 aromatic rings. The van der Waals surface area contributed by atoms with Gasteiger partial charge in [0.15, 0.2) is 0 Å². The minimum Gasteiger partial charge on any atom is -0.506 e. The van der Waals surface area contributed by atoms with Crippen LogP contribution in [0, 0.1) is 11.8 Å². The number of phenols is 1. The number of aromatic hydroxyl groups is 1. The summed E-state index contributed by atoms with van der Waals surface area (Å²) in [4.78, 5) is 12.3. The second-order valence-corrected chi connectivity index (χ2v) is 11.1. The molecule has 4 rings (SSSR count). The lowest BCUT2D eigenvalue weighted by Crippen LogP contribution is -2.29. The molecule has 1 unspecified atom stereocenters. The van der Waals surface area contributed by atoms with Gasteiger partial charge in [-0.05, 0) is 74.3 Å². The first-order valence-electron chi connectivity index (χ1n) is 11.8. The first-order valence-corrected chi connectivity index (χ1v) is 13.5. The maximum atomic E-state index is 12.5. The average molecular weight is 485 g/mol. The molecule has 1 heterocycles. The van der Waals surface area contributed by atoms with E-state index in [1.54, 1.807) is 12.1 Å². The Morgan fingerprint density at radius 3 is 2.79 bits per heavy atom. The number of benzene rings is 2. The summed E-state index contributed by atoms with van der Waals surface area (Å²) in [6, 6.07) is 12.4. The van der Waals surface area contributed by atoms with Crippen molar-refractivity contribution in [1.82, 2.24) is 4.72 Å². The molecule has 0 saturated heterocycles. The van der Waals surface area contributed by atoms with Gasteiger partial charge in [0.2, 0.25) is 15.9 Å². The molecule has 0 bridgehead atoms. The first-order chi connectivity index (χ1) is 16.3. The Morgan fingerprint density at radius 2 is 2.00 bits per heavy atom. The molecule has 2 aliphatic rings. The van der Waals surface area contributed by atoms with E-state index in [0.717, 1.165) is 16.9 Å². The third-order valence-corrected chi connectivity index (χ3v) is 7.74. The van der Waals surface area contributed by atoms with E-state index in [9.17, 15) is 18.3 Å². The number of hydrogen-bond acceptors (Lipinski definition) is 5. The minimum absolute atomic E-state index is 0.0285. The summed E-state index contributed by atoms with van der Waals surface area (Å²) in [6.45, 7) is 2.54. The standard InChI is InChI=1S/C26H32N2O5S/c1-18(20-8-5-10-23(16-20)33-17-19-12-13-19)28-34(31,32)14-4-2-3-7-22-15-21-9-6-11-24(29)25(21)27-26(22)30/h2-3,5-6,8-11,16,18-19,22,28-29H,4,7,12-15,17H2,1H3,(H,27,30)/b3-2+/t18-,22?/m1/s1. The van der Waals surface area contributed by atoms with Gasteiger partial charge in [0, 0.05) is 12.0 Å². The van der Waals surface area contributed by atoms with E-state index in [4.69, 9.17) is 4.74 Å². The van der Waals surface area contributed by atoms with Crippen LogP contribution in [0.3, 0.4) is 0 Å². The normalized spacial score (nSPS) is 19.0. The highest BCUT2D eigenvalue weighted by Gasteiger charge is 2.26. The van der Waals surface area contributed by atoms with Gasteiger partial charge in [0.25, 0.3) is 0 Å². The zero-order valence-electron chi connectivity index (χ0n) is 19.4. The SMILES string of the molecule is C[C@@H](NS(=O)(=O)CC/C=C/CC1Cc2cccc(O)c2NC1=O)c1cccc(OCC2CC2)c1. The van der Waals surface area contributed by atoms with E-state index >= 15 is 0 Å². The van der Waals surface area contributed by atoms with Crippen LogP contribution in [0.15, 0.2) is 54.6 Å². The molecule has 1 amide bonds. The Bertz CT molecular complexity index is 1160. The second-order valence-electron chi connectivity index (χ2n) is 9.18. The number of nitrogens with one attached hydrogen (secondary N) is 2. The molecule has 7 nitrogen and oxygen atoms in total. The molecule has 1 aliphatic carbocycles. The Balaban J connectivity index is 1.23. The molecule has 34 heavy (non-hydrogen) atoms. The lowest BCUT2D eigenvalue weighted by atomic mass is 9.90. The molecule has 2 atom stereocenters. The van der Waals surface area contributed by atoms with E-state index in [1.165, 1.54) is 12.8 Å². The number of rotatable bonds is 11. The van der Waals surface area contributed by atoms with E-state index in [2.05, 4.69) is 10.0 Å². The third kappa shape index (κ3) is 6.61. The molecule has 0 radical (unpaired) electrons. The lowest BCUT2D eigenvalue weighted by Gasteiger charge is -2.24. The number of amides is 1. The van der Waals surface area contributed by atoms with Crippen LogP contribution >= 0.6 is 0 Å². The minimum atomic E-state index is -3.47. The highest BCUT2D eigenvalue weighted by atomic mass is 32.2. The summed E-state index contributed by atoms with van der Waals surface area (Å²) in [6.07, 6.45) is 7.52. The van der Waals surface area contributed by atoms with Crippen molar-refractivity contribution in [3.05, 3.63) is 65.7 Å². The number of carbonyl (C=O) groups excluding carboxylic acids is 1. The Hall–Kier alpha value is -2.84. The van der Waals surface area contributed by atoms with Crippen molar-refractivity contribution in [2.24, 2.45) is 11.8 Å². The number of hydrogen-bond donors (Lipinski definition) is 3. The van der Waals surface area contributed by atoms with E-state index in [-0.39, 0.29) is 29.4 Å². The second kappa shape index (κ2) is 10.6.